The molecule has 2 heterocycles. The molecular weight excluding hydrogens is 212 g/mol. The predicted octanol–water partition coefficient (Wildman–Crippen LogP) is 2.07. The van der Waals surface area contributed by atoms with Gasteiger partial charge in [0.2, 0.25) is 0 Å². The maximum Gasteiger partial charge on any atom is 0.150 e. The van der Waals surface area contributed by atoms with Gasteiger partial charge in [-0.05, 0) is 12.5 Å². The number of fused-ring (bicyclic) bond motifs is 1. The lowest BCUT2D eigenvalue weighted by atomic mass is 10.1. The zero-order valence-corrected chi connectivity index (χ0v) is 9.85. The molecule has 0 spiro atoms. The van der Waals surface area contributed by atoms with Gasteiger partial charge in [0.05, 0.1) is 5.69 Å². The summed E-state index contributed by atoms with van der Waals surface area (Å²) in [5.74, 6) is 0.642. The van der Waals surface area contributed by atoms with Crippen LogP contribution in [0.5, 0.6) is 0 Å². The van der Waals surface area contributed by atoms with E-state index in [1.807, 2.05) is 6.07 Å². The van der Waals surface area contributed by atoms with Crippen molar-refractivity contribution >= 4 is 5.82 Å². The van der Waals surface area contributed by atoms with Crippen molar-refractivity contribution in [3.63, 3.8) is 0 Å². The van der Waals surface area contributed by atoms with E-state index in [1.165, 1.54) is 11.1 Å². The molecule has 0 radical (unpaired) electrons. The molecular formula is C13H16N4. The Bertz CT molecular complexity index is 517. The van der Waals surface area contributed by atoms with Crippen molar-refractivity contribution in [1.29, 1.82) is 0 Å². The molecule has 3 rings (SSSR count). The first-order valence-electron chi connectivity index (χ1n) is 5.86. The van der Waals surface area contributed by atoms with E-state index in [2.05, 4.69) is 46.3 Å². The first-order valence-corrected chi connectivity index (χ1v) is 5.86. The van der Waals surface area contributed by atoms with Crippen LogP contribution in [0.15, 0.2) is 30.3 Å². The Morgan fingerprint density at radius 1 is 1.41 bits per heavy atom. The molecule has 17 heavy (non-hydrogen) atoms. The van der Waals surface area contributed by atoms with E-state index in [0.717, 1.165) is 18.8 Å². The van der Waals surface area contributed by atoms with Gasteiger partial charge in [-0.15, -0.1) is 0 Å². The fourth-order valence-corrected chi connectivity index (χ4v) is 2.52. The van der Waals surface area contributed by atoms with E-state index in [9.17, 15) is 0 Å². The van der Waals surface area contributed by atoms with Crippen molar-refractivity contribution in [3.8, 4) is 0 Å². The molecule has 1 aliphatic rings. The molecule has 1 unspecified atom stereocenters. The number of benzene rings is 1. The third-order valence-electron chi connectivity index (χ3n) is 3.47. The summed E-state index contributed by atoms with van der Waals surface area (Å²) in [6, 6.07) is 10.8. The highest BCUT2D eigenvalue weighted by atomic mass is 15.3. The summed E-state index contributed by atoms with van der Waals surface area (Å²) in [7, 11) is 0. The maximum absolute atomic E-state index is 5.87. The number of hydrogen-bond acceptors (Lipinski definition) is 3. The summed E-state index contributed by atoms with van der Waals surface area (Å²) >= 11 is 0. The van der Waals surface area contributed by atoms with Crippen molar-refractivity contribution in [2.24, 2.45) is 0 Å². The highest BCUT2D eigenvalue weighted by Crippen LogP contribution is 2.36. The lowest BCUT2D eigenvalue weighted by Crippen LogP contribution is -2.20. The van der Waals surface area contributed by atoms with Gasteiger partial charge in [0.25, 0.3) is 0 Å². The van der Waals surface area contributed by atoms with Gasteiger partial charge in [-0.25, -0.2) is 0 Å². The Morgan fingerprint density at radius 2 is 2.18 bits per heavy atom. The third-order valence-corrected chi connectivity index (χ3v) is 3.47. The van der Waals surface area contributed by atoms with Crippen molar-refractivity contribution in [2.45, 2.75) is 26.1 Å². The van der Waals surface area contributed by atoms with E-state index in [0.29, 0.717) is 11.9 Å². The van der Waals surface area contributed by atoms with E-state index in [4.69, 9.17) is 5.73 Å². The van der Waals surface area contributed by atoms with E-state index < -0.39 is 0 Å². The molecule has 1 aliphatic heterocycles. The largest absolute Gasteiger partial charge is 0.382 e. The molecule has 88 valence electrons. The summed E-state index contributed by atoms with van der Waals surface area (Å²) in [5, 5.41) is 7.07. The molecule has 4 nitrogen and oxygen atoms in total. The topological polar surface area (TPSA) is 57.9 Å². The number of nitrogens with zero attached hydrogens (tertiary/aromatic N) is 2. The number of nitrogens with two attached hydrogens (primary N) is 1. The van der Waals surface area contributed by atoms with Crippen LogP contribution in [-0.4, -0.2) is 15.1 Å². The Balaban J connectivity index is 1.81. The lowest BCUT2D eigenvalue weighted by molar-refractivity contribution is 0.218. The van der Waals surface area contributed by atoms with Crippen LogP contribution in [0.2, 0.25) is 0 Å². The average Bonchev–Trinajstić information content (AvgIpc) is 2.84. The predicted molar refractivity (Wildman–Crippen MR) is 67.1 cm³/mol. The minimum absolute atomic E-state index is 0.337. The van der Waals surface area contributed by atoms with Crippen LogP contribution in [0.3, 0.4) is 0 Å². The minimum Gasteiger partial charge on any atom is -0.382 e. The van der Waals surface area contributed by atoms with Crippen molar-refractivity contribution in [2.75, 3.05) is 5.73 Å². The monoisotopic (exact) mass is 228 g/mol. The second-order valence-corrected chi connectivity index (χ2v) is 4.57. The van der Waals surface area contributed by atoms with Gasteiger partial charge in [0.15, 0.2) is 0 Å². The zero-order chi connectivity index (χ0) is 11.8. The quantitative estimate of drug-likeness (QED) is 0.827. The molecule has 1 atom stereocenters. The molecule has 0 saturated carbocycles. The Labute approximate surface area is 100 Å². The van der Waals surface area contributed by atoms with Crippen LogP contribution in [0.1, 0.15) is 29.8 Å². The summed E-state index contributed by atoms with van der Waals surface area (Å²) in [6.07, 6.45) is 0. The first-order chi connectivity index (χ1) is 8.25. The van der Waals surface area contributed by atoms with Crippen LogP contribution >= 0.6 is 0 Å². The second kappa shape index (κ2) is 3.89. The number of aromatic nitrogens is 2. The standard InChI is InChI=1S/C13H16N4/c1-9-12-11(15-16-13(12)14)8-17(9)7-10-5-3-2-4-6-10/h2-6,9H,7-8H2,1H3,(H3,14,15,16). The van der Waals surface area contributed by atoms with Crippen LogP contribution in [0.4, 0.5) is 5.82 Å². The molecule has 2 aromatic rings. The third kappa shape index (κ3) is 1.70. The number of hydrogen-bond donors (Lipinski definition) is 2. The normalized spacial score (nSPS) is 19.5. The molecule has 1 aromatic carbocycles. The SMILES string of the molecule is CC1c2c(N)n[nH]c2CN1Cc1ccccc1. The molecule has 0 bridgehead atoms. The Hall–Kier alpha value is -1.81. The van der Waals surface area contributed by atoms with Crippen molar-refractivity contribution in [1.82, 2.24) is 15.1 Å². The zero-order valence-electron chi connectivity index (χ0n) is 9.85. The van der Waals surface area contributed by atoms with E-state index in [1.54, 1.807) is 0 Å². The fourth-order valence-electron chi connectivity index (χ4n) is 2.52. The Kier molecular flexibility index (Phi) is 2.37. The van der Waals surface area contributed by atoms with Crippen molar-refractivity contribution in [3.05, 3.63) is 47.2 Å². The van der Waals surface area contributed by atoms with Crippen molar-refractivity contribution < 1.29 is 0 Å². The molecule has 4 heteroatoms. The minimum atomic E-state index is 0.337. The van der Waals surface area contributed by atoms with Gasteiger partial charge < -0.3 is 5.73 Å². The van der Waals surface area contributed by atoms with Crippen LogP contribution in [0, 0.1) is 0 Å². The van der Waals surface area contributed by atoms with Gasteiger partial charge >= 0.3 is 0 Å². The summed E-state index contributed by atoms with van der Waals surface area (Å²) in [4.78, 5) is 2.40. The lowest BCUT2D eigenvalue weighted by Gasteiger charge is -2.21. The second-order valence-electron chi connectivity index (χ2n) is 4.57. The van der Waals surface area contributed by atoms with Crippen LogP contribution < -0.4 is 5.73 Å². The summed E-state index contributed by atoms with van der Waals surface area (Å²) < 4.78 is 0. The van der Waals surface area contributed by atoms with Gasteiger partial charge in [-0.3, -0.25) is 10.00 Å². The number of anilines is 1. The smallest absolute Gasteiger partial charge is 0.150 e. The van der Waals surface area contributed by atoms with Gasteiger partial charge in [-0.1, -0.05) is 30.3 Å². The van der Waals surface area contributed by atoms with Crippen LogP contribution in [0.25, 0.3) is 0 Å². The number of H-pyrrole nitrogens is 1. The maximum atomic E-state index is 5.87. The van der Waals surface area contributed by atoms with Gasteiger partial charge in [0, 0.05) is 24.7 Å². The van der Waals surface area contributed by atoms with Gasteiger partial charge in [-0.2, -0.15) is 5.10 Å². The Morgan fingerprint density at radius 3 is 2.88 bits per heavy atom. The average molecular weight is 228 g/mol. The molecule has 0 amide bonds. The van der Waals surface area contributed by atoms with Gasteiger partial charge in [0.1, 0.15) is 5.82 Å². The summed E-state index contributed by atoms with van der Waals surface area (Å²) in [6.45, 7) is 4.03. The number of rotatable bonds is 2. The van der Waals surface area contributed by atoms with E-state index >= 15 is 0 Å². The molecule has 0 fully saturated rings. The highest BCUT2D eigenvalue weighted by Gasteiger charge is 2.30. The molecule has 1 aromatic heterocycles. The first kappa shape index (κ1) is 10.4. The highest BCUT2D eigenvalue weighted by molar-refractivity contribution is 5.46. The van der Waals surface area contributed by atoms with E-state index in [-0.39, 0.29) is 0 Å². The number of aromatic amines is 1. The van der Waals surface area contributed by atoms with Crippen LogP contribution in [-0.2, 0) is 13.1 Å². The number of nitrogen functional groups attached to an aromatic ring is 1. The molecule has 0 saturated heterocycles. The fraction of sp³-hybridized carbons (Fsp3) is 0.308. The molecule has 0 aliphatic carbocycles. The molecule has 3 N–H and O–H groups in total. The number of nitrogens with one attached hydrogen (secondary N) is 1. The summed E-state index contributed by atoms with van der Waals surface area (Å²) in [5.41, 5.74) is 9.52.